The summed E-state index contributed by atoms with van der Waals surface area (Å²) in [6.07, 6.45) is 3.72. The normalized spacial score (nSPS) is 10.0. The molecule has 0 aliphatic rings. The van der Waals surface area contributed by atoms with E-state index in [0.29, 0.717) is 18.7 Å². The topological polar surface area (TPSA) is 148 Å². The molecule has 22 heavy (non-hydrogen) atoms. The summed E-state index contributed by atoms with van der Waals surface area (Å²) in [6, 6.07) is 5.30. The first-order valence-electron chi connectivity index (χ1n) is 6.99. The number of hydrogen-bond acceptors (Lipinski definition) is 4. The molecule has 2 amide bonds. The summed E-state index contributed by atoms with van der Waals surface area (Å²) in [4.78, 5) is 23.2. The van der Waals surface area contributed by atoms with Gasteiger partial charge in [0.15, 0.2) is 0 Å². The molecule has 0 bridgehead atoms. The van der Waals surface area contributed by atoms with Gasteiger partial charge in [0, 0.05) is 29.9 Å². The van der Waals surface area contributed by atoms with E-state index < -0.39 is 11.8 Å². The van der Waals surface area contributed by atoms with Crippen LogP contribution in [-0.4, -0.2) is 28.4 Å². The zero-order chi connectivity index (χ0) is 16.5. The summed E-state index contributed by atoms with van der Waals surface area (Å²) >= 11 is 0. The molecule has 1 aromatic carbocycles. The van der Waals surface area contributed by atoms with Gasteiger partial charge in [-0.15, -0.1) is 0 Å². The zero-order valence-corrected chi connectivity index (χ0v) is 12.3. The van der Waals surface area contributed by atoms with E-state index in [1.165, 1.54) is 0 Å². The average Bonchev–Trinajstić information content (AvgIpc) is 2.82. The minimum Gasteiger partial charge on any atom is -0.508 e. The van der Waals surface area contributed by atoms with E-state index in [9.17, 15) is 14.7 Å². The van der Waals surface area contributed by atoms with Crippen LogP contribution in [-0.2, 0) is 16.0 Å². The van der Waals surface area contributed by atoms with Crippen LogP contribution in [0.5, 0.6) is 5.75 Å². The molecule has 1 aromatic heterocycles. The molecule has 0 saturated carbocycles. The van der Waals surface area contributed by atoms with Gasteiger partial charge in [-0.05, 0) is 43.1 Å². The highest BCUT2D eigenvalue weighted by Crippen LogP contribution is 2.22. The number of nitrogens with two attached hydrogens (primary N) is 3. The molecule has 0 atom stereocenters. The molecule has 0 aliphatic carbocycles. The third-order valence-electron chi connectivity index (χ3n) is 3.01. The quantitative estimate of drug-likeness (QED) is 0.528. The van der Waals surface area contributed by atoms with Gasteiger partial charge in [-0.25, -0.2) is 0 Å². The Balaban J connectivity index is 0.000000239. The minimum absolute atomic E-state index is 0.239. The number of phenolic OH excluding ortho intramolecular Hbond substituents is 1. The SMILES string of the molecule is NC(=O)CCCC(N)=O.NCCc1c[nH]c2ccc(O)cc12. The highest BCUT2D eigenvalue weighted by Gasteiger charge is 2.02. The predicted octanol–water partition coefficient (Wildman–Crippen LogP) is 0.502. The number of aromatic nitrogens is 1. The first kappa shape index (κ1) is 17.5. The summed E-state index contributed by atoms with van der Waals surface area (Å²) in [5, 5.41) is 10.4. The smallest absolute Gasteiger partial charge is 0.217 e. The lowest BCUT2D eigenvalue weighted by atomic mass is 10.1. The van der Waals surface area contributed by atoms with Crippen molar-refractivity contribution in [2.45, 2.75) is 25.7 Å². The van der Waals surface area contributed by atoms with Gasteiger partial charge in [0.05, 0.1) is 0 Å². The van der Waals surface area contributed by atoms with Gasteiger partial charge in [0.1, 0.15) is 5.75 Å². The number of nitrogens with one attached hydrogen (secondary N) is 1. The Morgan fingerprint density at radius 1 is 1.14 bits per heavy atom. The fourth-order valence-electron chi connectivity index (χ4n) is 1.97. The number of hydrogen-bond donors (Lipinski definition) is 5. The lowest BCUT2D eigenvalue weighted by Crippen LogP contribution is -2.14. The number of primary amides is 2. The standard InChI is InChI=1S/C10H12N2O.C5H10N2O2/c11-4-3-7-6-12-10-2-1-8(13)5-9(7)10;6-4(8)2-1-3-5(7)9/h1-2,5-6,12-13H,3-4,11H2;1-3H2,(H2,6,8)(H2,7,9). The van der Waals surface area contributed by atoms with E-state index in [1.54, 1.807) is 12.1 Å². The first-order chi connectivity index (χ1) is 10.4. The highest BCUT2D eigenvalue weighted by molar-refractivity contribution is 5.84. The lowest BCUT2D eigenvalue weighted by Gasteiger charge is -1.96. The van der Waals surface area contributed by atoms with Crippen LogP contribution >= 0.6 is 0 Å². The van der Waals surface area contributed by atoms with Gasteiger partial charge in [0.2, 0.25) is 11.8 Å². The third kappa shape index (κ3) is 5.84. The fraction of sp³-hybridized carbons (Fsp3) is 0.333. The summed E-state index contributed by atoms with van der Waals surface area (Å²) in [6.45, 7) is 0.628. The van der Waals surface area contributed by atoms with Crippen LogP contribution in [0.25, 0.3) is 10.9 Å². The number of fused-ring (bicyclic) bond motifs is 1. The number of rotatable bonds is 6. The number of aromatic hydroxyl groups is 1. The summed E-state index contributed by atoms with van der Waals surface area (Å²) in [7, 11) is 0. The summed E-state index contributed by atoms with van der Waals surface area (Å²) < 4.78 is 0. The summed E-state index contributed by atoms with van der Waals surface area (Å²) in [5.41, 5.74) is 17.3. The van der Waals surface area contributed by atoms with Gasteiger partial charge in [0.25, 0.3) is 0 Å². The monoisotopic (exact) mass is 306 g/mol. The van der Waals surface area contributed by atoms with Crippen LogP contribution < -0.4 is 17.2 Å². The number of benzene rings is 1. The molecular weight excluding hydrogens is 284 g/mol. The highest BCUT2D eigenvalue weighted by atomic mass is 16.3. The minimum atomic E-state index is -0.392. The number of carbonyl (C=O) groups excluding carboxylic acids is 2. The molecule has 1 heterocycles. The average molecular weight is 306 g/mol. The molecule has 0 radical (unpaired) electrons. The molecule has 0 aliphatic heterocycles. The van der Waals surface area contributed by atoms with Crippen molar-refractivity contribution >= 4 is 22.7 Å². The zero-order valence-electron chi connectivity index (χ0n) is 12.3. The van der Waals surface area contributed by atoms with Crippen LogP contribution in [0.4, 0.5) is 0 Å². The predicted molar refractivity (Wildman–Crippen MR) is 85.0 cm³/mol. The van der Waals surface area contributed by atoms with E-state index in [-0.39, 0.29) is 12.8 Å². The van der Waals surface area contributed by atoms with Crippen LogP contribution in [0.1, 0.15) is 24.8 Å². The van der Waals surface area contributed by atoms with Gasteiger partial charge >= 0.3 is 0 Å². The lowest BCUT2D eigenvalue weighted by molar-refractivity contribution is -0.119. The van der Waals surface area contributed by atoms with Crippen LogP contribution in [0.15, 0.2) is 24.4 Å². The second kappa shape index (κ2) is 8.68. The Labute approximate surface area is 128 Å². The van der Waals surface area contributed by atoms with Crippen LogP contribution in [0.2, 0.25) is 0 Å². The molecule has 0 unspecified atom stereocenters. The Morgan fingerprint density at radius 2 is 1.77 bits per heavy atom. The molecule has 2 aromatic rings. The number of H-pyrrole nitrogens is 1. The molecule has 8 N–H and O–H groups in total. The Kier molecular flexibility index (Phi) is 6.91. The van der Waals surface area contributed by atoms with Crippen molar-refractivity contribution in [3.63, 3.8) is 0 Å². The maximum Gasteiger partial charge on any atom is 0.217 e. The van der Waals surface area contributed by atoms with E-state index in [4.69, 9.17) is 17.2 Å². The van der Waals surface area contributed by atoms with Crippen molar-refractivity contribution in [1.82, 2.24) is 4.98 Å². The van der Waals surface area contributed by atoms with Gasteiger partial charge in [-0.2, -0.15) is 0 Å². The van der Waals surface area contributed by atoms with Gasteiger partial charge in [-0.1, -0.05) is 0 Å². The fourth-order valence-corrected chi connectivity index (χ4v) is 1.97. The Bertz CT molecular complexity index is 623. The van der Waals surface area contributed by atoms with E-state index >= 15 is 0 Å². The molecule has 0 spiro atoms. The number of aromatic amines is 1. The number of phenols is 1. The number of carbonyl (C=O) groups is 2. The second-order valence-electron chi connectivity index (χ2n) is 4.87. The molecular formula is C15H22N4O3. The summed E-state index contributed by atoms with van der Waals surface area (Å²) in [5.74, 6) is -0.488. The van der Waals surface area contributed by atoms with Crippen molar-refractivity contribution in [2.75, 3.05) is 6.54 Å². The molecule has 0 saturated heterocycles. The maximum atomic E-state index is 10.1. The second-order valence-corrected chi connectivity index (χ2v) is 4.87. The van der Waals surface area contributed by atoms with Crippen molar-refractivity contribution in [3.05, 3.63) is 30.0 Å². The Morgan fingerprint density at radius 3 is 2.32 bits per heavy atom. The maximum absolute atomic E-state index is 10.1. The molecule has 120 valence electrons. The number of amides is 2. The Hall–Kier alpha value is -2.54. The van der Waals surface area contributed by atoms with E-state index in [0.717, 1.165) is 22.9 Å². The van der Waals surface area contributed by atoms with Crippen LogP contribution in [0, 0.1) is 0 Å². The van der Waals surface area contributed by atoms with Crippen molar-refractivity contribution in [2.24, 2.45) is 17.2 Å². The molecule has 7 heteroatoms. The largest absolute Gasteiger partial charge is 0.508 e. The van der Waals surface area contributed by atoms with Crippen LogP contribution in [0.3, 0.4) is 0 Å². The van der Waals surface area contributed by atoms with Gasteiger partial charge < -0.3 is 27.3 Å². The van der Waals surface area contributed by atoms with Crippen molar-refractivity contribution in [3.8, 4) is 5.75 Å². The van der Waals surface area contributed by atoms with E-state index in [2.05, 4.69) is 4.98 Å². The molecule has 2 rings (SSSR count). The van der Waals surface area contributed by atoms with E-state index in [1.807, 2.05) is 12.3 Å². The van der Waals surface area contributed by atoms with Crippen molar-refractivity contribution < 1.29 is 14.7 Å². The molecule has 7 nitrogen and oxygen atoms in total. The van der Waals surface area contributed by atoms with Gasteiger partial charge in [-0.3, -0.25) is 9.59 Å². The first-order valence-corrected chi connectivity index (χ1v) is 6.99. The molecule has 0 fully saturated rings. The third-order valence-corrected chi connectivity index (χ3v) is 3.01. The van der Waals surface area contributed by atoms with Crippen molar-refractivity contribution in [1.29, 1.82) is 0 Å².